The molecule has 2 aromatic heterocycles. The fraction of sp³-hybridized carbons (Fsp3) is 0.333. The van der Waals surface area contributed by atoms with Gasteiger partial charge in [-0.25, -0.2) is 4.52 Å². The van der Waals surface area contributed by atoms with Crippen LogP contribution in [0, 0.1) is 0 Å². The van der Waals surface area contributed by atoms with Crippen LogP contribution in [-0.4, -0.2) is 27.1 Å². The van der Waals surface area contributed by atoms with E-state index in [0.29, 0.717) is 5.56 Å². The van der Waals surface area contributed by atoms with Crippen LogP contribution < -0.4 is 0 Å². The average molecular weight is 218 g/mol. The van der Waals surface area contributed by atoms with Crippen molar-refractivity contribution >= 4 is 11.3 Å². The Morgan fingerprint density at radius 3 is 3.00 bits per heavy atom. The van der Waals surface area contributed by atoms with Gasteiger partial charge in [0.25, 0.3) is 0 Å². The molecular weight excluding hydrogens is 204 g/mol. The lowest BCUT2D eigenvalue weighted by atomic mass is 10.1. The molecule has 2 aromatic rings. The standard InChI is InChI=1S/C12H14N2O2/c1-9(16)11-7-13-14-8-10(3-2-6-15)4-5-12(11)14/h4-5,7-8,15H,2-3,6H2,1H3. The van der Waals surface area contributed by atoms with Crippen molar-refractivity contribution in [1.29, 1.82) is 0 Å². The maximum atomic E-state index is 11.3. The Bertz CT molecular complexity index is 517. The summed E-state index contributed by atoms with van der Waals surface area (Å²) in [6.07, 6.45) is 5.05. The number of aliphatic hydroxyl groups is 1. The highest BCUT2D eigenvalue weighted by Gasteiger charge is 2.08. The third kappa shape index (κ3) is 1.97. The van der Waals surface area contributed by atoms with Crippen LogP contribution in [0.5, 0.6) is 0 Å². The molecule has 0 unspecified atom stereocenters. The zero-order valence-electron chi connectivity index (χ0n) is 9.18. The van der Waals surface area contributed by atoms with Crippen molar-refractivity contribution in [3.63, 3.8) is 0 Å². The van der Waals surface area contributed by atoms with E-state index in [1.165, 1.54) is 6.92 Å². The Morgan fingerprint density at radius 2 is 2.31 bits per heavy atom. The molecule has 84 valence electrons. The molecule has 0 aliphatic carbocycles. The van der Waals surface area contributed by atoms with Crippen molar-refractivity contribution in [3.05, 3.63) is 35.7 Å². The molecule has 0 fully saturated rings. The molecule has 0 aliphatic rings. The number of aliphatic hydroxyl groups excluding tert-OH is 1. The van der Waals surface area contributed by atoms with Gasteiger partial charge in [0.15, 0.2) is 5.78 Å². The van der Waals surface area contributed by atoms with Gasteiger partial charge < -0.3 is 5.11 Å². The van der Waals surface area contributed by atoms with Crippen molar-refractivity contribution in [2.75, 3.05) is 6.61 Å². The number of Topliss-reactive ketones (excluding diaryl/α,β-unsaturated/α-hetero) is 1. The number of nitrogens with zero attached hydrogens (tertiary/aromatic N) is 2. The van der Waals surface area contributed by atoms with Gasteiger partial charge in [-0.2, -0.15) is 5.10 Å². The Hall–Kier alpha value is -1.68. The highest BCUT2D eigenvalue weighted by molar-refractivity contribution is 6.00. The molecule has 4 heteroatoms. The number of hydrogen-bond acceptors (Lipinski definition) is 3. The summed E-state index contributed by atoms with van der Waals surface area (Å²) < 4.78 is 1.71. The minimum atomic E-state index is 0.0260. The maximum Gasteiger partial charge on any atom is 0.163 e. The van der Waals surface area contributed by atoms with E-state index in [1.807, 2.05) is 18.3 Å². The lowest BCUT2D eigenvalue weighted by molar-refractivity contribution is 0.101. The van der Waals surface area contributed by atoms with Crippen molar-refractivity contribution in [3.8, 4) is 0 Å². The van der Waals surface area contributed by atoms with E-state index in [4.69, 9.17) is 5.11 Å². The number of hydrogen-bond donors (Lipinski definition) is 1. The lowest BCUT2D eigenvalue weighted by Gasteiger charge is -2.01. The summed E-state index contributed by atoms with van der Waals surface area (Å²) in [5.74, 6) is 0.0260. The monoisotopic (exact) mass is 218 g/mol. The van der Waals surface area contributed by atoms with Crippen molar-refractivity contribution in [1.82, 2.24) is 9.61 Å². The van der Waals surface area contributed by atoms with Gasteiger partial charge in [0.05, 0.1) is 17.3 Å². The Balaban J connectivity index is 2.37. The van der Waals surface area contributed by atoms with Crippen LogP contribution in [0.4, 0.5) is 0 Å². The number of rotatable bonds is 4. The van der Waals surface area contributed by atoms with E-state index < -0.39 is 0 Å². The molecule has 0 spiro atoms. The van der Waals surface area contributed by atoms with E-state index in [-0.39, 0.29) is 12.4 Å². The molecule has 0 saturated heterocycles. The SMILES string of the molecule is CC(=O)c1cnn2cc(CCCO)ccc12. The lowest BCUT2D eigenvalue weighted by Crippen LogP contribution is -1.95. The summed E-state index contributed by atoms with van der Waals surface area (Å²) in [5.41, 5.74) is 2.59. The fourth-order valence-electron chi connectivity index (χ4n) is 1.73. The molecule has 0 atom stereocenters. The molecule has 1 N–H and O–H groups in total. The minimum absolute atomic E-state index is 0.0260. The first-order valence-corrected chi connectivity index (χ1v) is 5.30. The first-order valence-electron chi connectivity index (χ1n) is 5.30. The molecule has 0 aromatic carbocycles. The molecule has 0 saturated carbocycles. The zero-order valence-corrected chi connectivity index (χ0v) is 9.18. The number of carbonyl (C=O) groups excluding carboxylic acids is 1. The van der Waals surface area contributed by atoms with Crippen molar-refractivity contribution in [2.45, 2.75) is 19.8 Å². The molecule has 0 aliphatic heterocycles. The van der Waals surface area contributed by atoms with Crippen LogP contribution in [0.3, 0.4) is 0 Å². The van der Waals surface area contributed by atoms with Crippen molar-refractivity contribution < 1.29 is 9.90 Å². The van der Waals surface area contributed by atoms with Gasteiger partial charge in [-0.15, -0.1) is 0 Å². The maximum absolute atomic E-state index is 11.3. The van der Waals surface area contributed by atoms with E-state index >= 15 is 0 Å². The molecule has 0 radical (unpaired) electrons. The first kappa shape index (κ1) is 10.8. The van der Waals surface area contributed by atoms with Crippen LogP contribution in [-0.2, 0) is 6.42 Å². The Kier molecular flexibility index (Phi) is 3.01. The highest BCUT2D eigenvalue weighted by atomic mass is 16.2. The summed E-state index contributed by atoms with van der Waals surface area (Å²) in [5, 5.41) is 12.9. The summed E-state index contributed by atoms with van der Waals surface area (Å²) >= 11 is 0. The van der Waals surface area contributed by atoms with Crippen LogP contribution >= 0.6 is 0 Å². The van der Waals surface area contributed by atoms with E-state index in [2.05, 4.69) is 5.10 Å². The second kappa shape index (κ2) is 4.45. The summed E-state index contributed by atoms with van der Waals surface area (Å²) in [7, 11) is 0. The van der Waals surface area contributed by atoms with Gasteiger partial charge in [-0.1, -0.05) is 6.07 Å². The fourth-order valence-corrected chi connectivity index (χ4v) is 1.73. The third-order valence-corrected chi connectivity index (χ3v) is 2.58. The smallest absolute Gasteiger partial charge is 0.163 e. The topological polar surface area (TPSA) is 54.6 Å². The molecular formula is C12H14N2O2. The highest BCUT2D eigenvalue weighted by Crippen LogP contribution is 2.13. The van der Waals surface area contributed by atoms with E-state index in [0.717, 1.165) is 23.9 Å². The number of ketones is 1. The van der Waals surface area contributed by atoms with Gasteiger partial charge in [0, 0.05) is 12.8 Å². The second-order valence-electron chi connectivity index (χ2n) is 3.81. The van der Waals surface area contributed by atoms with Crippen LogP contribution in [0.15, 0.2) is 24.5 Å². The number of carbonyl (C=O) groups is 1. The molecule has 0 bridgehead atoms. The molecule has 2 rings (SSSR count). The zero-order chi connectivity index (χ0) is 11.5. The number of aromatic nitrogens is 2. The number of pyridine rings is 1. The van der Waals surface area contributed by atoms with Gasteiger partial charge >= 0.3 is 0 Å². The van der Waals surface area contributed by atoms with Crippen LogP contribution in [0.2, 0.25) is 0 Å². The third-order valence-electron chi connectivity index (χ3n) is 2.58. The average Bonchev–Trinajstić information content (AvgIpc) is 2.69. The van der Waals surface area contributed by atoms with Gasteiger partial charge in [-0.05, 0) is 31.4 Å². The summed E-state index contributed by atoms with van der Waals surface area (Å²) in [6, 6.07) is 3.87. The second-order valence-corrected chi connectivity index (χ2v) is 3.81. The van der Waals surface area contributed by atoms with Gasteiger partial charge in [0.1, 0.15) is 0 Å². The first-order chi connectivity index (χ1) is 7.72. The molecule has 16 heavy (non-hydrogen) atoms. The number of aryl methyl sites for hydroxylation is 1. The minimum Gasteiger partial charge on any atom is -0.396 e. The Morgan fingerprint density at radius 1 is 1.50 bits per heavy atom. The van der Waals surface area contributed by atoms with Gasteiger partial charge in [-0.3, -0.25) is 4.79 Å². The van der Waals surface area contributed by atoms with E-state index in [1.54, 1.807) is 10.7 Å². The van der Waals surface area contributed by atoms with E-state index in [9.17, 15) is 4.79 Å². The Labute approximate surface area is 93.5 Å². The molecule has 4 nitrogen and oxygen atoms in total. The largest absolute Gasteiger partial charge is 0.396 e. The van der Waals surface area contributed by atoms with Gasteiger partial charge in [0.2, 0.25) is 0 Å². The van der Waals surface area contributed by atoms with Crippen LogP contribution in [0.25, 0.3) is 5.52 Å². The van der Waals surface area contributed by atoms with Crippen molar-refractivity contribution in [2.24, 2.45) is 0 Å². The summed E-state index contributed by atoms with van der Waals surface area (Å²) in [6.45, 7) is 1.73. The quantitative estimate of drug-likeness (QED) is 0.790. The number of fused-ring (bicyclic) bond motifs is 1. The summed E-state index contributed by atoms with van der Waals surface area (Å²) in [4.78, 5) is 11.3. The predicted molar refractivity (Wildman–Crippen MR) is 60.6 cm³/mol. The normalized spacial score (nSPS) is 10.9. The predicted octanol–water partition coefficient (Wildman–Crippen LogP) is 1.46. The molecule has 0 amide bonds. The van der Waals surface area contributed by atoms with Crippen LogP contribution in [0.1, 0.15) is 29.3 Å². The molecule has 2 heterocycles.